The van der Waals surface area contributed by atoms with Crippen molar-refractivity contribution in [3.05, 3.63) is 0 Å². The van der Waals surface area contributed by atoms with Crippen LogP contribution in [0.3, 0.4) is 0 Å². The standard InChI is InChI=1S/C7H7F9GeO/c1-17-18-3-2-4(8,9)5(10,11)6(12,13)7(14,15)16/h2-3H2,1H3. The van der Waals surface area contributed by atoms with Crippen LogP contribution in [0.1, 0.15) is 6.42 Å². The van der Waals surface area contributed by atoms with E-state index in [2.05, 4.69) is 3.76 Å². The van der Waals surface area contributed by atoms with E-state index in [1.165, 1.54) is 5.76 Å². The van der Waals surface area contributed by atoms with Crippen LogP contribution in [0.25, 0.3) is 0 Å². The summed E-state index contributed by atoms with van der Waals surface area (Å²) in [6.07, 6.45) is -8.68. The monoisotopic (exact) mass is 352 g/mol. The average molecular weight is 351 g/mol. The van der Waals surface area contributed by atoms with Gasteiger partial charge in [0.05, 0.1) is 0 Å². The number of hydrogen-bond donors (Lipinski definition) is 0. The molecule has 0 fully saturated rings. The summed E-state index contributed by atoms with van der Waals surface area (Å²) in [7, 11) is 0. The van der Waals surface area contributed by atoms with Crippen molar-refractivity contribution in [2.45, 2.75) is 36.1 Å². The van der Waals surface area contributed by atoms with Gasteiger partial charge in [0.15, 0.2) is 0 Å². The van der Waals surface area contributed by atoms with Gasteiger partial charge in [-0.1, -0.05) is 0 Å². The quantitative estimate of drug-likeness (QED) is 0.404. The Morgan fingerprint density at radius 3 is 1.61 bits per heavy atom. The molecule has 0 aromatic heterocycles. The van der Waals surface area contributed by atoms with Crippen LogP contribution in [0.2, 0.25) is 5.76 Å². The minimum absolute atomic E-state index is 1.01. The van der Waals surface area contributed by atoms with E-state index in [0.717, 1.165) is 0 Å². The molecule has 0 aromatic carbocycles. The van der Waals surface area contributed by atoms with E-state index in [9.17, 15) is 39.5 Å². The van der Waals surface area contributed by atoms with Crippen LogP contribution in [0.5, 0.6) is 0 Å². The fourth-order valence-corrected chi connectivity index (χ4v) is 1.49. The summed E-state index contributed by atoms with van der Waals surface area (Å²) >= 11 is -1.14. The fourth-order valence-electron chi connectivity index (χ4n) is 0.846. The third-order valence-corrected chi connectivity index (χ3v) is 2.91. The number of hydrogen-bond acceptors (Lipinski definition) is 1. The molecule has 0 spiro atoms. The number of rotatable bonds is 6. The predicted octanol–water partition coefficient (Wildman–Crippen LogP) is 3.53. The summed E-state index contributed by atoms with van der Waals surface area (Å²) in [6, 6.07) is 0. The normalized spacial score (nSPS) is 15.0. The molecule has 108 valence electrons. The van der Waals surface area contributed by atoms with Crippen molar-refractivity contribution < 1.29 is 43.3 Å². The molecule has 0 aliphatic heterocycles. The molecule has 0 aliphatic carbocycles. The molecule has 0 bridgehead atoms. The van der Waals surface area contributed by atoms with Crippen molar-refractivity contribution in [3.8, 4) is 0 Å². The van der Waals surface area contributed by atoms with Gasteiger partial charge < -0.3 is 0 Å². The number of halogens is 9. The summed E-state index contributed by atoms with van der Waals surface area (Å²) in [5.41, 5.74) is 0. The molecule has 0 atom stereocenters. The Kier molecular flexibility index (Phi) is 5.43. The molecule has 18 heavy (non-hydrogen) atoms. The molecule has 0 aromatic rings. The van der Waals surface area contributed by atoms with Crippen LogP contribution in [0.4, 0.5) is 39.5 Å². The van der Waals surface area contributed by atoms with Crippen LogP contribution in [0, 0.1) is 0 Å². The first kappa shape index (κ1) is 17.9. The zero-order valence-corrected chi connectivity index (χ0v) is 10.8. The Balaban J connectivity index is 5.11. The molecule has 1 nitrogen and oxygen atoms in total. The van der Waals surface area contributed by atoms with E-state index in [0.29, 0.717) is 0 Å². The van der Waals surface area contributed by atoms with E-state index in [4.69, 9.17) is 0 Å². The first-order chi connectivity index (χ1) is 7.81. The molecular formula is C7H7F9GeO. The van der Waals surface area contributed by atoms with Gasteiger partial charge in [0.1, 0.15) is 0 Å². The summed E-state index contributed by atoms with van der Waals surface area (Å²) < 4.78 is 115. The van der Waals surface area contributed by atoms with Crippen LogP contribution in [-0.4, -0.2) is 46.3 Å². The second-order valence-electron chi connectivity index (χ2n) is 3.15. The molecule has 0 amide bonds. The third kappa shape index (κ3) is 3.25. The van der Waals surface area contributed by atoms with Gasteiger partial charge >= 0.3 is 102 Å². The summed E-state index contributed by atoms with van der Waals surface area (Å²) in [4.78, 5) is 0. The van der Waals surface area contributed by atoms with E-state index in [1.54, 1.807) is 0 Å². The molecular weight excluding hydrogens is 344 g/mol. The van der Waals surface area contributed by atoms with E-state index >= 15 is 0 Å². The predicted molar refractivity (Wildman–Crippen MR) is 43.1 cm³/mol. The average Bonchev–Trinajstić information content (AvgIpc) is 2.15. The maximum absolute atomic E-state index is 12.8. The first-order valence-electron chi connectivity index (χ1n) is 4.30. The Morgan fingerprint density at radius 1 is 0.833 bits per heavy atom. The van der Waals surface area contributed by atoms with Crippen LogP contribution < -0.4 is 0 Å². The summed E-state index contributed by atoms with van der Waals surface area (Å²) in [5, 5.41) is 0. The fraction of sp³-hybridized carbons (Fsp3) is 1.00. The Labute approximate surface area is 102 Å². The zero-order chi connectivity index (χ0) is 14.8. The Bertz CT molecular complexity index is 275. The maximum atomic E-state index is 12.8. The molecule has 0 aliphatic rings. The van der Waals surface area contributed by atoms with E-state index in [1.807, 2.05) is 0 Å². The molecule has 0 N–H and O–H groups in total. The topological polar surface area (TPSA) is 9.23 Å². The van der Waals surface area contributed by atoms with Crippen molar-refractivity contribution in [2.24, 2.45) is 0 Å². The van der Waals surface area contributed by atoms with Gasteiger partial charge in [-0.2, -0.15) is 0 Å². The molecule has 11 heteroatoms. The Hall–Kier alpha value is -0.127. The van der Waals surface area contributed by atoms with Crippen molar-refractivity contribution in [1.82, 2.24) is 0 Å². The summed E-state index contributed by atoms with van der Waals surface area (Å²) in [5.74, 6) is -17.4. The second kappa shape index (κ2) is 5.47. The van der Waals surface area contributed by atoms with E-state index < -0.39 is 52.7 Å². The van der Waals surface area contributed by atoms with Crippen molar-refractivity contribution >= 4 is 15.8 Å². The van der Waals surface area contributed by atoms with Gasteiger partial charge in [-0.3, -0.25) is 0 Å². The van der Waals surface area contributed by atoms with Gasteiger partial charge in [0, 0.05) is 0 Å². The van der Waals surface area contributed by atoms with Gasteiger partial charge in [-0.25, -0.2) is 0 Å². The molecule has 0 heterocycles. The third-order valence-electron chi connectivity index (χ3n) is 1.87. The van der Waals surface area contributed by atoms with E-state index in [-0.39, 0.29) is 0 Å². The Morgan fingerprint density at radius 2 is 1.28 bits per heavy atom. The van der Waals surface area contributed by atoms with Crippen molar-refractivity contribution in [1.29, 1.82) is 0 Å². The molecule has 0 unspecified atom stereocenters. The van der Waals surface area contributed by atoms with Gasteiger partial charge in [-0.05, 0) is 0 Å². The molecule has 0 saturated heterocycles. The van der Waals surface area contributed by atoms with Crippen molar-refractivity contribution in [3.63, 3.8) is 0 Å². The molecule has 0 rings (SSSR count). The van der Waals surface area contributed by atoms with Crippen LogP contribution >= 0.6 is 0 Å². The first-order valence-corrected chi connectivity index (χ1v) is 7.25. The summed E-state index contributed by atoms with van der Waals surface area (Å²) in [6.45, 7) is -1.01. The minimum atomic E-state index is -6.81. The zero-order valence-electron chi connectivity index (χ0n) is 8.72. The van der Waals surface area contributed by atoms with Gasteiger partial charge in [0.25, 0.3) is 0 Å². The van der Waals surface area contributed by atoms with Crippen LogP contribution in [-0.2, 0) is 3.76 Å². The van der Waals surface area contributed by atoms with Crippen molar-refractivity contribution in [2.75, 3.05) is 6.61 Å². The van der Waals surface area contributed by atoms with Gasteiger partial charge in [0.2, 0.25) is 0 Å². The van der Waals surface area contributed by atoms with Crippen LogP contribution in [0.15, 0.2) is 0 Å². The number of alkyl halides is 9. The van der Waals surface area contributed by atoms with Gasteiger partial charge in [-0.15, -0.1) is 0 Å². The second-order valence-corrected chi connectivity index (χ2v) is 4.62. The molecule has 2 radical (unpaired) electrons. The molecule has 0 saturated carbocycles. The SMILES string of the molecule is [CH3][Ge][O]CCC(F)(F)C(F)(F)C(F)(F)C(F)(F)F.